The maximum Gasteiger partial charge on any atom is 0.269 e. The van der Waals surface area contributed by atoms with Gasteiger partial charge in [0, 0.05) is 30.3 Å². The van der Waals surface area contributed by atoms with Gasteiger partial charge in [0.15, 0.2) is 0 Å². The van der Waals surface area contributed by atoms with Crippen LogP contribution in [-0.4, -0.2) is 11.5 Å². The maximum atomic E-state index is 10.8. The second-order valence-corrected chi connectivity index (χ2v) is 4.59. The third-order valence-electron chi connectivity index (χ3n) is 3.78. The van der Waals surface area contributed by atoms with Crippen LogP contribution in [0.25, 0.3) is 0 Å². The van der Waals surface area contributed by atoms with E-state index >= 15 is 0 Å². The third-order valence-corrected chi connectivity index (χ3v) is 3.78. The maximum absolute atomic E-state index is 10.8. The van der Waals surface area contributed by atoms with Crippen LogP contribution in [0.15, 0.2) is 18.2 Å². The Hall–Kier alpha value is -1.58. The average Bonchev–Trinajstić information content (AvgIpc) is 2.74. The number of nitro groups is 1. The van der Waals surface area contributed by atoms with Gasteiger partial charge in [-0.2, -0.15) is 0 Å². The predicted molar refractivity (Wildman–Crippen MR) is 68.4 cm³/mol. The Kier molecular flexibility index (Phi) is 3.31. The zero-order valence-corrected chi connectivity index (χ0v) is 10.3. The van der Waals surface area contributed by atoms with Crippen molar-refractivity contribution in [2.24, 2.45) is 5.92 Å². The van der Waals surface area contributed by atoms with E-state index in [4.69, 9.17) is 0 Å². The lowest BCUT2D eigenvalue weighted by Crippen LogP contribution is -2.13. The van der Waals surface area contributed by atoms with Gasteiger partial charge >= 0.3 is 0 Å². The van der Waals surface area contributed by atoms with Crippen molar-refractivity contribution in [2.45, 2.75) is 32.6 Å². The molecule has 1 N–H and O–H groups in total. The highest BCUT2D eigenvalue weighted by molar-refractivity contribution is 5.61. The van der Waals surface area contributed by atoms with Crippen LogP contribution >= 0.6 is 0 Å². The summed E-state index contributed by atoms with van der Waals surface area (Å²) in [6.45, 7) is 5.27. The molecule has 0 radical (unpaired) electrons. The molecule has 1 unspecified atom stereocenters. The summed E-state index contributed by atoms with van der Waals surface area (Å²) in [6, 6.07) is 5.13. The number of rotatable bonds is 4. The summed E-state index contributed by atoms with van der Waals surface area (Å²) in [5.41, 5.74) is 2.38. The van der Waals surface area contributed by atoms with E-state index in [1.54, 1.807) is 12.1 Å². The predicted octanol–water partition coefficient (Wildman–Crippen LogP) is 3.54. The number of hydrogen-bond acceptors (Lipinski definition) is 3. The lowest BCUT2D eigenvalue weighted by Gasteiger charge is -2.20. The smallest absolute Gasteiger partial charge is 0.269 e. The molecule has 2 rings (SSSR count). The summed E-state index contributed by atoms with van der Waals surface area (Å²) >= 11 is 0. The molecule has 1 heterocycles. The second-order valence-electron chi connectivity index (χ2n) is 4.59. The first kappa shape index (κ1) is 11.9. The molecule has 0 aromatic heterocycles. The number of anilines is 1. The van der Waals surface area contributed by atoms with Gasteiger partial charge in [-0.05, 0) is 17.5 Å². The fourth-order valence-electron chi connectivity index (χ4n) is 2.74. The quantitative estimate of drug-likeness (QED) is 0.640. The zero-order valence-electron chi connectivity index (χ0n) is 10.3. The number of non-ortho nitro benzene ring substituents is 1. The van der Waals surface area contributed by atoms with Gasteiger partial charge in [-0.1, -0.05) is 26.7 Å². The summed E-state index contributed by atoms with van der Waals surface area (Å²) in [7, 11) is 0. The highest BCUT2D eigenvalue weighted by Gasteiger charge is 2.29. The van der Waals surface area contributed by atoms with Crippen LogP contribution in [-0.2, 0) is 0 Å². The van der Waals surface area contributed by atoms with Crippen LogP contribution in [0.4, 0.5) is 11.4 Å². The van der Waals surface area contributed by atoms with Gasteiger partial charge in [-0.15, -0.1) is 0 Å². The van der Waals surface area contributed by atoms with E-state index in [1.165, 1.54) is 0 Å². The molecular weight excluding hydrogens is 216 g/mol. The van der Waals surface area contributed by atoms with E-state index in [0.29, 0.717) is 11.8 Å². The van der Waals surface area contributed by atoms with Crippen LogP contribution in [0.5, 0.6) is 0 Å². The van der Waals surface area contributed by atoms with Gasteiger partial charge in [0.05, 0.1) is 4.92 Å². The summed E-state index contributed by atoms with van der Waals surface area (Å²) in [6.07, 6.45) is 2.23. The number of benzene rings is 1. The van der Waals surface area contributed by atoms with E-state index < -0.39 is 0 Å². The van der Waals surface area contributed by atoms with Gasteiger partial charge in [0.1, 0.15) is 0 Å². The molecule has 92 valence electrons. The Morgan fingerprint density at radius 1 is 1.47 bits per heavy atom. The van der Waals surface area contributed by atoms with Gasteiger partial charge in [-0.3, -0.25) is 10.1 Å². The van der Waals surface area contributed by atoms with Gasteiger partial charge in [0.25, 0.3) is 5.69 Å². The van der Waals surface area contributed by atoms with Crippen molar-refractivity contribution in [2.75, 3.05) is 11.9 Å². The highest BCUT2D eigenvalue weighted by atomic mass is 16.6. The van der Waals surface area contributed by atoms with Crippen LogP contribution < -0.4 is 5.32 Å². The molecule has 1 aromatic carbocycles. The fraction of sp³-hybridized carbons (Fsp3) is 0.538. The van der Waals surface area contributed by atoms with Crippen molar-refractivity contribution in [1.29, 1.82) is 0 Å². The molecule has 0 bridgehead atoms. The minimum atomic E-state index is -0.317. The topological polar surface area (TPSA) is 55.2 Å². The Morgan fingerprint density at radius 3 is 2.76 bits per heavy atom. The number of nitrogens with one attached hydrogen (secondary N) is 1. The van der Waals surface area contributed by atoms with E-state index in [9.17, 15) is 10.1 Å². The van der Waals surface area contributed by atoms with E-state index in [1.807, 2.05) is 6.07 Å². The molecule has 0 fully saturated rings. The van der Waals surface area contributed by atoms with Crippen molar-refractivity contribution >= 4 is 11.4 Å². The molecule has 4 heteroatoms. The first-order valence-electron chi connectivity index (χ1n) is 6.19. The summed E-state index contributed by atoms with van der Waals surface area (Å²) < 4.78 is 0. The minimum Gasteiger partial charge on any atom is -0.384 e. The lowest BCUT2D eigenvalue weighted by atomic mass is 9.84. The Balaban J connectivity index is 2.35. The molecule has 1 aromatic rings. The Morgan fingerprint density at radius 2 is 2.18 bits per heavy atom. The number of nitrogens with zero attached hydrogens (tertiary/aromatic N) is 1. The molecule has 0 aliphatic carbocycles. The molecule has 4 nitrogen and oxygen atoms in total. The fourth-order valence-corrected chi connectivity index (χ4v) is 2.74. The molecule has 0 spiro atoms. The molecule has 1 aliphatic rings. The molecule has 0 amide bonds. The SMILES string of the molecule is CCC(CC)C1CNc2ccc([N+](=O)[O-])cc21. The van der Waals surface area contributed by atoms with E-state index in [0.717, 1.165) is 30.6 Å². The number of fused-ring (bicyclic) bond motifs is 1. The van der Waals surface area contributed by atoms with Crippen molar-refractivity contribution < 1.29 is 4.92 Å². The van der Waals surface area contributed by atoms with Crippen LogP contribution in [0, 0.1) is 16.0 Å². The average molecular weight is 234 g/mol. The van der Waals surface area contributed by atoms with Gasteiger partial charge < -0.3 is 5.32 Å². The van der Waals surface area contributed by atoms with E-state index in [-0.39, 0.29) is 10.6 Å². The highest BCUT2D eigenvalue weighted by Crippen LogP contribution is 2.40. The molecule has 17 heavy (non-hydrogen) atoms. The second kappa shape index (κ2) is 4.73. The van der Waals surface area contributed by atoms with E-state index in [2.05, 4.69) is 19.2 Å². The van der Waals surface area contributed by atoms with Crippen molar-refractivity contribution in [3.8, 4) is 0 Å². The summed E-state index contributed by atoms with van der Waals surface area (Å²) in [4.78, 5) is 10.5. The molecule has 0 saturated carbocycles. The molecule has 1 aliphatic heterocycles. The summed E-state index contributed by atoms with van der Waals surface area (Å²) in [5.74, 6) is 1.02. The first-order chi connectivity index (χ1) is 8.17. The third kappa shape index (κ3) is 2.12. The zero-order chi connectivity index (χ0) is 12.4. The van der Waals surface area contributed by atoms with Crippen molar-refractivity contribution in [1.82, 2.24) is 0 Å². The van der Waals surface area contributed by atoms with Gasteiger partial charge in [0.2, 0.25) is 0 Å². The van der Waals surface area contributed by atoms with Crippen molar-refractivity contribution in [3.05, 3.63) is 33.9 Å². The summed E-state index contributed by atoms with van der Waals surface area (Å²) in [5, 5.41) is 14.1. The lowest BCUT2D eigenvalue weighted by molar-refractivity contribution is -0.384. The van der Waals surface area contributed by atoms with Crippen LogP contribution in [0.3, 0.4) is 0 Å². The molecule has 1 atom stereocenters. The number of hydrogen-bond donors (Lipinski definition) is 1. The largest absolute Gasteiger partial charge is 0.384 e. The monoisotopic (exact) mass is 234 g/mol. The van der Waals surface area contributed by atoms with Crippen LogP contribution in [0.2, 0.25) is 0 Å². The Labute approximate surface area is 101 Å². The van der Waals surface area contributed by atoms with Gasteiger partial charge in [-0.25, -0.2) is 0 Å². The standard InChI is InChI=1S/C13H18N2O2/c1-3-9(4-2)12-8-14-13-6-5-10(15(16)17)7-11(12)13/h5-7,9,12,14H,3-4,8H2,1-2H3. The molecule has 0 saturated heterocycles. The number of nitro benzene ring substituents is 1. The normalized spacial score (nSPS) is 17.9. The Bertz CT molecular complexity index is 427. The minimum absolute atomic E-state index is 0.198. The molecular formula is C13H18N2O2. The van der Waals surface area contributed by atoms with Crippen molar-refractivity contribution in [3.63, 3.8) is 0 Å². The van der Waals surface area contributed by atoms with Crippen LogP contribution in [0.1, 0.15) is 38.2 Å². The first-order valence-corrected chi connectivity index (χ1v) is 6.19.